The molecule has 0 saturated heterocycles. The second kappa shape index (κ2) is 5.73. The maximum Gasteiger partial charge on any atom is 0.294 e. The van der Waals surface area contributed by atoms with E-state index in [9.17, 15) is 13.0 Å². The number of fused-ring (bicyclic) bond motifs is 3. The van der Waals surface area contributed by atoms with Crippen LogP contribution in [0.4, 0.5) is 0 Å². The third-order valence-electron chi connectivity index (χ3n) is 4.57. The number of benzene rings is 2. The summed E-state index contributed by atoms with van der Waals surface area (Å²) in [7, 11) is -4.19. The van der Waals surface area contributed by atoms with Crippen LogP contribution in [-0.4, -0.2) is 29.4 Å². The molecule has 0 amide bonds. The quantitative estimate of drug-likeness (QED) is 0.718. The van der Waals surface area contributed by atoms with Gasteiger partial charge < -0.3 is 4.98 Å². The highest BCUT2D eigenvalue weighted by atomic mass is 32.2. The minimum atomic E-state index is -4.19. The largest absolute Gasteiger partial charge is 0.358 e. The van der Waals surface area contributed by atoms with Crippen molar-refractivity contribution in [1.82, 2.24) is 9.88 Å². The van der Waals surface area contributed by atoms with E-state index in [0.29, 0.717) is 0 Å². The SMILES string of the molecule is O=S(=O)(O)c1ccc2[nH]c3c(c2c1)CN(Cc1ccccc1)CC3. The molecule has 3 aromatic rings. The predicted molar refractivity (Wildman–Crippen MR) is 92.4 cm³/mol. The van der Waals surface area contributed by atoms with Crippen molar-refractivity contribution < 1.29 is 13.0 Å². The molecule has 5 nitrogen and oxygen atoms in total. The topological polar surface area (TPSA) is 73.4 Å². The Morgan fingerprint density at radius 1 is 1.12 bits per heavy atom. The molecule has 1 aliphatic heterocycles. The van der Waals surface area contributed by atoms with Crippen molar-refractivity contribution in [3.8, 4) is 0 Å². The zero-order chi connectivity index (χ0) is 16.7. The molecule has 0 fully saturated rings. The van der Waals surface area contributed by atoms with Gasteiger partial charge in [-0.3, -0.25) is 9.45 Å². The second-order valence-electron chi connectivity index (χ2n) is 6.21. The maximum atomic E-state index is 11.4. The van der Waals surface area contributed by atoms with E-state index in [1.807, 2.05) is 18.2 Å². The number of hydrogen-bond acceptors (Lipinski definition) is 3. The van der Waals surface area contributed by atoms with Crippen molar-refractivity contribution in [2.24, 2.45) is 0 Å². The molecule has 2 heterocycles. The van der Waals surface area contributed by atoms with E-state index in [1.165, 1.54) is 11.6 Å². The number of aromatic nitrogens is 1. The lowest BCUT2D eigenvalue weighted by Gasteiger charge is -2.27. The number of hydrogen-bond donors (Lipinski definition) is 2. The van der Waals surface area contributed by atoms with Crippen LogP contribution in [0.25, 0.3) is 10.9 Å². The number of rotatable bonds is 3. The Kier molecular flexibility index (Phi) is 3.68. The summed E-state index contributed by atoms with van der Waals surface area (Å²) in [6.45, 7) is 2.59. The summed E-state index contributed by atoms with van der Waals surface area (Å²) >= 11 is 0. The summed E-state index contributed by atoms with van der Waals surface area (Å²) < 4.78 is 32.1. The van der Waals surface area contributed by atoms with Crippen molar-refractivity contribution in [3.63, 3.8) is 0 Å². The predicted octanol–water partition coefficient (Wildman–Crippen LogP) is 2.97. The van der Waals surface area contributed by atoms with E-state index in [1.54, 1.807) is 12.1 Å². The molecule has 2 N–H and O–H groups in total. The van der Waals surface area contributed by atoms with Crippen LogP contribution < -0.4 is 0 Å². The second-order valence-corrected chi connectivity index (χ2v) is 7.63. The molecular weight excluding hydrogens is 324 g/mol. The van der Waals surface area contributed by atoms with Crippen LogP contribution in [0.2, 0.25) is 0 Å². The molecule has 0 bridgehead atoms. The molecule has 4 rings (SSSR count). The van der Waals surface area contributed by atoms with Crippen molar-refractivity contribution in [2.45, 2.75) is 24.4 Å². The Labute approximate surface area is 140 Å². The van der Waals surface area contributed by atoms with E-state index in [0.717, 1.165) is 48.2 Å². The number of nitrogens with one attached hydrogen (secondary N) is 1. The van der Waals surface area contributed by atoms with Crippen LogP contribution in [-0.2, 0) is 29.6 Å². The molecule has 0 saturated carbocycles. The fourth-order valence-electron chi connectivity index (χ4n) is 3.39. The van der Waals surface area contributed by atoms with Gasteiger partial charge in [0.05, 0.1) is 4.90 Å². The van der Waals surface area contributed by atoms with Crippen LogP contribution in [0.5, 0.6) is 0 Å². The first-order chi connectivity index (χ1) is 11.5. The maximum absolute atomic E-state index is 11.4. The van der Waals surface area contributed by atoms with Crippen molar-refractivity contribution in [1.29, 1.82) is 0 Å². The van der Waals surface area contributed by atoms with Crippen molar-refractivity contribution in [3.05, 3.63) is 65.4 Å². The van der Waals surface area contributed by atoms with Gasteiger partial charge in [0.2, 0.25) is 0 Å². The Hall–Kier alpha value is -2.15. The Morgan fingerprint density at radius 2 is 1.92 bits per heavy atom. The van der Waals surface area contributed by atoms with Crippen molar-refractivity contribution in [2.75, 3.05) is 6.54 Å². The lowest BCUT2D eigenvalue weighted by molar-refractivity contribution is 0.245. The first kappa shape index (κ1) is 15.4. The minimum Gasteiger partial charge on any atom is -0.358 e. The molecule has 1 aromatic heterocycles. The third-order valence-corrected chi connectivity index (χ3v) is 5.42. The molecule has 2 aromatic carbocycles. The number of nitrogens with zero attached hydrogens (tertiary/aromatic N) is 1. The molecule has 0 radical (unpaired) electrons. The van der Waals surface area contributed by atoms with Crippen LogP contribution in [0.15, 0.2) is 53.4 Å². The molecule has 0 spiro atoms. The standard InChI is InChI=1S/C18H18N2O3S/c21-24(22,23)14-6-7-17-15(10-14)16-12-20(9-8-18(16)19-17)11-13-4-2-1-3-5-13/h1-7,10,19H,8-9,11-12H2,(H,21,22,23). The molecule has 6 heteroatoms. The van der Waals surface area contributed by atoms with Gasteiger partial charge in [-0.05, 0) is 29.3 Å². The Balaban J connectivity index is 1.69. The third kappa shape index (κ3) is 2.84. The van der Waals surface area contributed by atoms with Gasteiger partial charge >= 0.3 is 0 Å². The average molecular weight is 342 g/mol. The van der Waals surface area contributed by atoms with Crippen molar-refractivity contribution >= 4 is 21.0 Å². The molecule has 0 aliphatic carbocycles. The fourth-order valence-corrected chi connectivity index (χ4v) is 3.89. The Bertz CT molecular complexity index is 994. The van der Waals surface area contributed by atoms with Gasteiger partial charge in [-0.15, -0.1) is 0 Å². The number of aromatic amines is 1. The number of H-pyrrole nitrogens is 1. The van der Waals surface area contributed by atoms with Crippen LogP contribution in [0, 0.1) is 0 Å². The summed E-state index contributed by atoms with van der Waals surface area (Å²) in [5.41, 5.74) is 4.45. The summed E-state index contributed by atoms with van der Waals surface area (Å²) in [6.07, 6.45) is 0.901. The molecule has 24 heavy (non-hydrogen) atoms. The molecular formula is C18H18N2O3S. The summed E-state index contributed by atoms with van der Waals surface area (Å²) in [4.78, 5) is 5.67. The van der Waals surface area contributed by atoms with Gasteiger partial charge in [-0.1, -0.05) is 30.3 Å². The summed E-state index contributed by atoms with van der Waals surface area (Å²) in [5.74, 6) is 0. The van der Waals surface area contributed by atoms with Gasteiger partial charge in [0, 0.05) is 42.7 Å². The summed E-state index contributed by atoms with van der Waals surface area (Å²) in [5, 5.41) is 0.873. The van der Waals surface area contributed by atoms with Gasteiger partial charge in [0.25, 0.3) is 10.1 Å². The van der Waals surface area contributed by atoms with Crippen LogP contribution in [0.3, 0.4) is 0 Å². The minimum absolute atomic E-state index is 0.0583. The molecule has 0 atom stereocenters. The van der Waals surface area contributed by atoms with Crippen LogP contribution >= 0.6 is 0 Å². The zero-order valence-corrected chi connectivity index (χ0v) is 13.9. The van der Waals surface area contributed by atoms with Gasteiger partial charge in [-0.25, -0.2) is 0 Å². The normalized spacial score (nSPS) is 15.5. The van der Waals surface area contributed by atoms with Gasteiger partial charge in [-0.2, -0.15) is 8.42 Å². The molecule has 124 valence electrons. The van der Waals surface area contributed by atoms with E-state index in [4.69, 9.17) is 0 Å². The molecule has 1 aliphatic rings. The average Bonchev–Trinajstić information content (AvgIpc) is 2.92. The first-order valence-electron chi connectivity index (χ1n) is 7.88. The Morgan fingerprint density at radius 3 is 2.67 bits per heavy atom. The van der Waals surface area contributed by atoms with E-state index in [-0.39, 0.29) is 4.90 Å². The van der Waals surface area contributed by atoms with Gasteiger partial charge in [0.15, 0.2) is 0 Å². The first-order valence-corrected chi connectivity index (χ1v) is 9.32. The monoisotopic (exact) mass is 342 g/mol. The highest BCUT2D eigenvalue weighted by Gasteiger charge is 2.22. The highest BCUT2D eigenvalue weighted by Crippen LogP contribution is 2.30. The van der Waals surface area contributed by atoms with Gasteiger partial charge in [0.1, 0.15) is 0 Å². The van der Waals surface area contributed by atoms with E-state index >= 15 is 0 Å². The zero-order valence-electron chi connectivity index (χ0n) is 13.1. The highest BCUT2D eigenvalue weighted by molar-refractivity contribution is 7.85. The smallest absolute Gasteiger partial charge is 0.294 e. The lowest BCUT2D eigenvalue weighted by Crippen LogP contribution is -2.29. The summed E-state index contributed by atoms with van der Waals surface area (Å²) in [6, 6.07) is 15.0. The molecule has 0 unspecified atom stereocenters. The van der Waals surface area contributed by atoms with E-state index in [2.05, 4.69) is 22.0 Å². The lowest BCUT2D eigenvalue weighted by atomic mass is 10.0. The fraction of sp³-hybridized carbons (Fsp3) is 0.222. The van der Waals surface area contributed by atoms with Crippen LogP contribution in [0.1, 0.15) is 16.8 Å². The van der Waals surface area contributed by atoms with E-state index < -0.39 is 10.1 Å².